The molecule has 6 heteroatoms. The molecule has 3 N–H and O–H groups in total. The molecular formula is C18H20F3NO2. The minimum absolute atomic E-state index is 0.0816. The highest BCUT2D eigenvalue weighted by Crippen LogP contribution is 2.37. The third-order valence-corrected chi connectivity index (χ3v) is 3.54. The van der Waals surface area contributed by atoms with E-state index in [0.29, 0.717) is 12.0 Å². The van der Waals surface area contributed by atoms with E-state index in [9.17, 15) is 18.3 Å². The van der Waals surface area contributed by atoms with Crippen LogP contribution in [-0.4, -0.2) is 5.11 Å². The predicted molar refractivity (Wildman–Crippen MR) is 86.8 cm³/mol. The second-order valence-corrected chi connectivity index (χ2v) is 6.08. The second-order valence-electron chi connectivity index (χ2n) is 6.08. The summed E-state index contributed by atoms with van der Waals surface area (Å²) >= 11 is 0. The molecule has 0 aliphatic rings. The number of hydrogen-bond acceptors (Lipinski definition) is 3. The first-order valence-electron chi connectivity index (χ1n) is 7.59. The van der Waals surface area contributed by atoms with Gasteiger partial charge in [-0.3, -0.25) is 0 Å². The quantitative estimate of drug-likeness (QED) is 0.740. The second kappa shape index (κ2) is 7.03. The number of phenols is 1. The monoisotopic (exact) mass is 339 g/mol. The van der Waals surface area contributed by atoms with Gasteiger partial charge in [-0.1, -0.05) is 26.0 Å². The Labute approximate surface area is 138 Å². The van der Waals surface area contributed by atoms with Gasteiger partial charge in [0.25, 0.3) is 0 Å². The number of ether oxygens (including phenoxy) is 1. The van der Waals surface area contributed by atoms with Gasteiger partial charge in [0.15, 0.2) is 0 Å². The van der Waals surface area contributed by atoms with Crippen molar-refractivity contribution in [1.82, 2.24) is 0 Å². The number of nitrogen functional groups attached to an aromatic ring is 1. The van der Waals surface area contributed by atoms with Crippen molar-refractivity contribution in [3.8, 4) is 11.5 Å². The first kappa shape index (κ1) is 18.0. The Balaban J connectivity index is 2.33. The highest BCUT2D eigenvalue weighted by molar-refractivity contribution is 5.52. The zero-order chi connectivity index (χ0) is 17.9. The summed E-state index contributed by atoms with van der Waals surface area (Å²) in [6, 6.07) is 10.0. The summed E-state index contributed by atoms with van der Waals surface area (Å²) in [5.74, 6) is 0.428. The van der Waals surface area contributed by atoms with Crippen molar-refractivity contribution in [1.29, 1.82) is 0 Å². The number of benzene rings is 2. The van der Waals surface area contributed by atoms with Crippen molar-refractivity contribution in [2.24, 2.45) is 5.92 Å². The van der Waals surface area contributed by atoms with Crippen LogP contribution in [0.4, 0.5) is 18.9 Å². The molecule has 24 heavy (non-hydrogen) atoms. The smallest absolute Gasteiger partial charge is 0.418 e. The maximum atomic E-state index is 13.0. The van der Waals surface area contributed by atoms with Gasteiger partial charge in [0, 0.05) is 5.69 Å². The summed E-state index contributed by atoms with van der Waals surface area (Å²) in [4.78, 5) is 0. The van der Waals surface area contributed by atoms with Crippen LogP contribution in [0.2, 0.25) is 0 Å². The maximum absolute atomic E-state index is 13.0. The largest absolute Gasteiger partial charge is 0.508 e. The van der Waals surface area contributed by atoms with E-state index >= 15 is 0 Å². The van der Waals surface area contributed by atoms with Crippen LogP contribution in [0.3, 0.4) is 0 Å². The fourth-order valence-corrected chi connectivity index (χ4v) is 2.42. The minimum Gasteiger partial charge on any atom is -0.508 e. The Morgan fingerprint density at radius 3 is 2.42 bits per heavy atom. The van der Waals surface area contributed by atoms with Gasteiger partial charge in [-0.05, 0) is 48.2 Å². The highest BCUT2D eigenvalue weighted by atomic mass is 19.4. The van der Waals surface area contributed by atoms with Gasteiger partial charge in [-0.2, -0.15) is 13.2 Å². The molecule has 0 radical (unpaired) electrons. The van der Waals surface area contributed by atoms with Crippen molar-refractivity contribution in [2.75, 3.05) is 5.73 Å². The fraction of sp³-hybridized carbons (Fsp3) is 0.333. The zero-order valence-electron chi connectivity index (χ0n) is 13.5. The number of anilines is 1. The maximum Gasteiger partial charge on any atom is 0.418 e. The molecule has 0 spiro atoms. The van der Waals surface area contributed by atoms with Gasteiger partial charge >= 0.3 is 6.18 Å². The van der Waals surface area contributed by atoms with Crippen LogP contribution < -0.4 is 10.5 Å². The Kier molecular flexibility index (Phi) is 5.26. The van der Waals surface area contributed by atoms with Crippen molar-refractivity contribution in [3.63, 3.8) is 0 Å². The molecular weight excluding hydrogens is 319 g/mol. The molecule has 3 nitrogen and oxygen atoms in total. The van der Waals surface area contributed by atoms with E-state index in [4.69, 9.17) is 10.5 Å². The molecule has 2 rings (SSSR count). The summed E-state index contributed by atoms with van der Waals surface area (Å²) in [5.41, 5.74) is 4.85. The molecule has 2 aromatic rings. The number of hydrogen-bond donors (Lipinski definition) is 2. The van der Waals surface area contributed by atoms with Crippen LogP contribution in [0.15, 0.2) is 42.5 Å². The zero-order valence-corrected chi connectivity index (χ0v) is 13.5. The van der Waals surface area contributed by atoms with Crippen LogP contribution in [-0.2, 0) is 6.18 Å². The first-order chi connectivity index (χ1) is 11.2. The molecule has 1 unspecified atom stereocenters. The lowest BCUT2D eigenvalue weighted by molar-refractivity contribution is -0.137. The fourth-order valence-electron chi connectivity index (χ4n) is 2.42. The Bertz CT molecular complexity index is 699. The van der Waals surface area contributed by atoms with Gasteiger partial charge in [0.1, 0.15) is 17.6 Å². The van der Waals surface area contributed by atoms with E-state index in [1.807, 2.05) is 13.8 Å². The summed E-state index contributed by atoms with van der Waals surface area (Å²) in [7, 11) is 0. The molecule has 130 valence electrons. The van der Waals surface area contributed by atoms with Crippen molar-refractivity contribution in [3.05, 3.63) is 53.6 Å². The van der Waals surface area contributed by atoms with Crippen LogP contribution >= 0.6 is 0 Å². The number of rotatable bonds is 5. The number of alkyl halides is 3. The first-order valence-corrected chi connectivity index (χ1v) is 7.59. The number of nitrogens with two attached hydrogens (primary N) is 1. The summed E-state index contributed by atoms with van der Waals surface area (Å²) in [6.45, 7) is 3.98. The SMILES string of the molecule is CC(C)CC(Oc1ccc(N)c(C(F)(F)F)c1)c1cccc(O)c1. The predicted octanol–water partition coefficient (Wildman–Crippen LogP) is 5.16. The molecule has 0 amide bonds. The molecule has 0 aliphatic heterocycles. The molecule has 0 saturated heterocycles. The topological polar surface area (TPSA) is 55.5 Å². The molecule has 0 aliphatic carbocycles. The van der Waals surface area contributed by atoms with Gasteiger partial charge in [-0.25, -0.2) is 0 Å². The number of phenolic OH excluding ortho intramolecular Hbond substituents is 1. The van der Waals surface area contributed by atoms with Crippen molar-refractivity contribution < 1.29 is 23.0 Å². The molecule has 1 atom stereocenters. The standard InChI is InChI=1S/C18H20F3NO2/c1-11(2)8-17(12-4-3-5-13(23)9-12)24-14-6-7-16(22)15(10-14)18(19,20)21/h3-7,9-11,17,23H,8,22H2,1-2H3. The van der Waals surface area contributed by atoms with Crippen LogP contribution in [0, 0.1) is 5.92 Å². The molecule has 0 heterocycles. The lowest BCUT2D eigenvalue weighted by atomic mass is 9.99. The molecule has 0 fully saturated rings. The normalized spacial score (nSPS) is 13.1. The van der Waals surface area contributed by atoms with Crippen LogP contribution in [0.5, 0.6) is 11.5 Å². The van der Waals surface area contributed by atoms with Gasteiger partial charge < -0.3 is 15.6 Å². The number of halogens is 3. The summed E-state index contributed by atoms with van der Waals surface area (Å²) in [6.07, 6.45) is -4.42. The van der Waals surface area contributed by atoms with E-state index in [1.54, 1.807) is 18.2 Å². The number of aromatic hydroxyl groups is 1. The molecule has 0 saturated carbocycles. The Hall–Kier alpha value is -2.37. The van der Waals surface area contributed by atoms with E-state index in [-0.39, 0.29) is 23.1 Å². The third kappa shape index (κ3) is 4.57. The summed E-state index contributed by atoms with van der Waals surface area (Å²) in [5, 5.41) is 9.63. The Morgan fingerprint density at radius 2 is 1.83 bits per heavy atom. The average Bonchev–Trinajstić information content (AvgIpc) is 2.47. The lowest BCUT2D eigenvalue weighted by Gasteiger charge is -2.22. The Morgan fingerprint density at radius 1 is 1.12 bits per heavy atom. The van der Waals surface area contributed by atoms with Gasteiger partial charge in [0.05, 0.1) is 5.56 Å². The van der Waals surface area contributed by atoms with E-state index in [0.717, 1.165) is 6.07 Å². The molecule has 0 bridgehead atoms. The van der Waals surface area contributed by atoms with Crippen molar-refractivity contribution in [2.45, 2.75) is 32.5 Å². The van der Waals surface area contributed by atoms with E-state index in [2.05, 4.69) is 0 Å². The van der Waals surface area contributed by atoms with Crippen molar-refractivity contribution >= 4 is 5.69 Å². The lowest BCUT2D eigenvalue weighted by Crippen LogP contribution is -2.13. The van der Waals surface area contributed by atoms with E-state index in [1.165, 1.54) is 18.2 Å². The third-order valence-electron chi connectivity index (χ3n) is 3.54. The summed E-state index contributed by atoms with van der Waals surface area (Å²) < 4.78 is 44.7. The van der Waals surface area contributed by atoms with Gasteiger partial charge in [-0.15, -0.1) is 0 Å². The molecule has 0 aromatic heterocycles. The average molecular weight is 339 g/mol. The van der Waals surface area contributed by atoms with Crippen LogP contribution in [0.25, 0.3) is 0 Å². The van der Waals surface area contributed by atoms with Crippen LogP contribution in [0.1, 0.15) is 37.5 Å². The molecule has 2 aromatic carbocycles. The van der Waals surface area contributed by atoms with Gasteiger partial charge in [0.2, 0.25) is 0 Å². The highest BCUT2D eigenvalue weighted by Gasteiger charge is 2.33. The minimum atomic E-state index is -4.54. The van der Waals surface area contributed by atoms with E-state index < -0.39 is 17.8 Å².